The fourth-order valence-corrected chi connectivity index (χ4v) is 3.72. The molecule has 2 aliphatic rings. The number of hydrogen-bond acceptors (Lipinski definition) is 3. The van der Waals surface area contributed by atoms with Crippen LogP contribution in [0.1, 0.15) is 17.5 Å². The van der Waals surface area contributed by atoms with Crippen LogP contribution in [0.5, 0.6) is 0 Å². The van der Waals surface area contributed by atoms with Gasteiger partial charge in [0.1, 0.15) is 0 Å². The summed E-state index contributed by atoms with van der Waals surface area (Å²) in [6.45, 7) is 0.764. The number of halogens is 3. The summed E-state index contributed by atoms with van der Waals surface area (Å²) in [7, 11) is 0. The number of hydrogen-bond donors (Lipinski definition) is 1. The molecule has 0 saturated carbocycles. The molecule has 0 aromatic heterocycles. The highest BCUT2D eigenvalue weighted by Gasteiger charge is 2.54. The van der Waals surface area contributed by atoms with Gasteiger partial charge in [0.2, 0.25) is 5.91 Å². The fraction of sp³-hybridized carbons (Fsp3) is 0.529. The van der Waals surface area contributed by atoms with Gasteiger partial charge in [-0.1, -0.05) is 18.2 Å². The zero-order valence-electron chi connectivity index (χ0n) is 13.4. The highest BCUT2D eigenvalue weighted by Crippen LogP contribution is 2.42. The first-order valence-corrected chi connectivity index (χ1v) is 7.98. The van der Waals surface area contributed by atoms with E-state index in [1.165, 1.54) is 23.1 Å². The van der Waals surface area contributed by atoms with Crippen molar-refractivity contribution in [2.45, 2.75) is 19.0 Å². The molecule has 2 heterocycles. The highest BCUT2D eigenvalue weighted by atomic mass is 19.4. The summed E-state index contributed by atoms with van der Waals surface area (Å²) in [5.74, 6) is -1.81. The Morgan fingerprint density at radius 1 is 1.32 bits per heavy atom. The van der Waals surface area contributed by atoms with Crippen LogP contribution in [0.25, 0.3) is 0 Å². The molecular formula is C17H18F3NO4. The number of nitrogens with zero attached hydrogens (tertiary/aromatic N) is 1. The molecule has 0 spiro atoms. The summed E-state index contributed by atoms with van der Waals surface area (Å²) in [6, 6.07) is 4.95. The minimum Gasteiger partial charge on any atom is -0.481 e. The Hall–Kier alpha value is -2.09. The maximum atomic E-state index is 13.1. The second-order valence-corrected chi connectivity index (χ2v) is 6.59. The predicted octanol–water partition coefficient (Wildman–Crippen LogP) is 2.20. The normalized spacial score (nSPS) is 26.4. The van der Waals surface area contributed by atoms with Crippen LogP contribution in [0.2, 0.25) is 0 Å². The quantitative estimate of drug-likeness (QED) is 0.901. The minimum absolute atomic E-state index is 0.0172. The van der Waals surface area contributed by atoms with Gasteiger partial charge in [0.05, 0.1) is 24.0 Å². The van der Waals surface area contributed by atoms with Gasteiger partial charge in [-0.05, 0) is 18.1 Å². The molecule has 136 valence electrons. The molecular weight excluding hydrogens is 339 g/mol. The second-order valence-electron chi connectivity index (χ2n) is 6.59. The first kappa shape index (κ1) is 17.7. The number of rotatable bonds is 3. The predicted molar refractivity (Wildman–Crippen MR) is 80.7 cm³/mol. The Balaban J connectivity index is 1.79. The van der Waals surface area contributed by atoms with Crippen LogP contribution in [-0.4, -0.2) is 48.2 Å². The Bertz CT molecular complexity index is 691. The SMILES string of the molecule is O=C(Cc1ccccc1C(F)(F)F)N1C[C@@H]2COCC[C@]2(C(=O)O)C1. The molecule has 2 aliphatic heterocycles. The molecule has 2 atom stereocenters. The van der Waals surface area contributed by atoms with Crippen LogP contribution >= 0.6 is 0 Å². The van der Waals surface area contributed by atoms with Gasteiger partial charge in [0.25, 0.3) is 0 Å². The largest absolute Gasteiger partial charge is 0.481 e. The average molecular weight is 357 g/mol. The van der Waals surface area contributed by atoms with Gasteiger partial charge in [-0.25, -0.2) is 0 Å². The van der Waals surface area contributed by atoms with Crippen molar-refractivity contribution in [3.05, 3.63) is 35.4 Å². The standard InChI is InChI=1S/C17H18F3NO4/c18-17(19,20)13-4-2-1-3-11(13)7-14(22)21-8-12-9-25-6-5-16(12,10-21)15(23)24/h1-4,12H,5-10H2,(H,23,24)/t12-,16+/m1/s1. The number of fused-ring (bicyclic) bond motifs is 1. The lowest BCUT2D eigenvalue weighted by Gasteiger charge is -2.33. The number of benzene rings is 1. The molecule has 1 aromatic rings. The summed E-state index contributed by atoms with van der Waals surface area (Å²) >= 11 is 0. The molecule has 1 N–H and O–H groups in total. The summed E-state index contributed by atoms with van der Waals surface area (Å²) in [5, 5.41) is 9.60. The van der Waals surface area contributed by atoms with Crippen LogP contribution < -0.4 is 0 Å². The molecule has 1 amide bonds. The number of carboxylic acid groups (broad SMARTS) is 1. The Morgan fingerprint density at radius 3 is 2.68 bits per heavy atom. The maximum Gasteiger partial charge on any atom is 0.416 e. The third-order valence-electron chi connectivity index (χ3n) is 5.15. The third kappa shape index (κ3) is 3.22. The van der Waals surface area contributed by atoms with E-state index >= 15 is 0 Å². The van der Waals surface area contributed by atoms with Gasteiger partial charge in [0.15, 0.2) is 0 Å². The molecule has 3 rings (SSSR count). The van der Waals surface area contributed by atoms with E-state index in [9.17, 15) is 27.9 Å². The van der Waals surface area contributed by atoms with E-state index in [2.05, 4.69) is 0 Å². The Kier molecular flexibility index (Phi) is 4.49. The number of ether oxygens (including phenoxy) is 1. The lowest BCUT2D eigenvalue weighted by Crippen LogP contribution is -2.45. The topological polar surface area (TPSA) is 66.8 Å². The molecule has 2 saturated heterocycles. The van der Waals surface area contributed by atoms with Crippen molar-refractivity contribution in [2.24, 2.45) is 11.3 Å². The molecule has 0 unspecified atom stereocenters. The van der Waals surface area contributed by atoms with Crippen LogP contribution in [0.4, 0.5) is 13.2 Å². The van der Waals surface area contributed by atoms with Gasteiger partial charge >= 0.3 is 12.1 Å². The van der Waals surface area contributed by atoms with Crippen molar-refractivity contribution in [1.29, 1.82) is 0 Å². The van der Waals surface area contributed by atoms with Crippen molar-refractivity contribution in [3.8, 4) is 0 Å². The van der Waals surface area contributed by atoms with Gasteiger partial charge < -0.3 is 14.7 Å². The third-order valence-corrected chi connectivity index (χ3v) is 5.15. The molecule has 8 heteroatoms. The first-order valence-electron chi connectivity index (χ1n) is 7.98. The van der Waals surface area contributed by atoms with E-state index in [0.29, 0.717) is 13.0 Å². The Morgan fingerprint density at radius 2 is 2.04 bits per heavy atom. The summed E-state index contributed by atoms with van der Waals surface area (Å²) in [5.41, 5.74) is -2.00. The molecule has 25 heavy (non-hydrogen) atoms. The van der Waals surface area contributed by atoms with Gasteiger partial charge in [-0.2, -0.15) is 13.2 Å². The first-order chi connectivity index (χ1) is 11.7. The number of amides is 1. The number of carboxylic acids is 1. The summed E-state index contributed by atoms with van der Waals surface area (Å²) < 4.78 is 44.5. The lowest BCUT2D eigenvalue weighted by atomic mass is 9.74. The molecule has 2 fully saturated rings. The molecule has 0 bridgehead atoms. The zero-order chi connectivity index (χ0) is 18.2. The number of carbonyl (C=O) groups excluding carboxylic acids is 1. The smallest absolute Gasteiger partial charge is 0.416 e. The van der Waals surface area contributed by atoms with E-state index in [4.69, 9.17) is 4.74 Å². The minimum atomic E-state index is -4.54. The molecule has 5 nitrogen and oxygen atoms in total. The van der Waals surface area contributed by atoms with Crippen molar-refractivity contribution >= 4 is 11.9 Å². The molecule has 0 radical (unpaired) electrons. The van der Waals surface area contributed by atoms with Crippen molar-refractivity contribution in [2.75, 3.05) is 26.3 Å². The number of likely N-dealkylation sites (tertiary alicyclic amines) is 1. The number of aliphatic carboxylic acids is 1. The van der Waals surface area contributed by atoms with Crippen LogP contribution in [0.15, 0.2) is 24.3 Å². The van der Waals surface area contributed by atoms with E-state index in [1.54, 1.807) is 0 Å². The average Bonchev–Trinajstić information content (AvgIpc) is 2.95. The Labute approximate surface area is 142 Å². The number of carbonyl (C=O) groups is 2. The van der Waals surface area contributed by atoms with Crippen LogP contribution in [0.3, 0.4) is 0 Å². The van der Waals surface area contributed by atoms with E-state index in [-0.39, 0.29) is 31.2 Å². The van der Waals surface area contributed by atoms with Crippen LogP contribution in [0, 0.1) is 11.3 Å². The zero-order valence-corrected chi connectivity index (χ0v) is 13.4. The fourth-order valence-electron chi connectivity index (χ4n) is 3.72. The number of alkyl halides is 3. The molecule has 1 aromatic carbocycles. The highest BCUT2D eigenvalue weighted by molar-refractivity contribution is 5.83. The van der Waals surface area contributed by atoms with Gasteiger partial charge in [0, 0.05) is 25.6 Å². The monoisotopic (exact) mass is 357 g/mol. The van der Waals surface area contributed by atoms with E-state index in [0.717, 1.165) is 6.07 Å². The van der Waals surface area contributed by atoms with E-state index in [1.807, 2.05) is 0 Å². The maximum absolute atomic E-state index is 13.1. The van der Waals surface area contributed by atoms with Gasteiger partial charge in [-0.3, -0.25) is 9.59 Å². The van der Waals surface area contributed by atoms with Crippen molar-refractivity contribution in [1.82, 2.24) is 4.90 Å². The summed E-state index contributed by atoms with van der Waals surface area (Å²) in [4.78, 5) is 25.6. The molecule has 0 aliphatic carbocycles. The van der Waals surface area contributed by atoms with Crippen LogP contribution in [-0.2, 0) is 26.9 Å². The van der Waals surface area contributed by atoms with E-state index < -0.39 is 35.5 Å². The van der Waals surface area contributed by atoms with Crippen molar-refractivity contribution in [3.63, 3.8) is 0 Å². The second kappa shape index (κ2) is 6.33. The van der Waals surface area contributed by atoms with Gasteiger partial charge in [-0.15, -0.1) is 0 Å². The summed E-state index contributed by atoms with van der Waals surface area (Å²) in [6.07, 6.45) is -4.64. The van der Waals surface area contributed by atoms with Crippen molar-refractivity contribution < 1.29 is 32.6 Å². The lowest BCUT2D eigenvalue weighted by molar-refractivity contribution is -0.157.